The summed E-state index contributed by atoms with van der Waals surface area (Å²) in [5.74, 6) is 0.780. The Morgan fingerprint density at radius 2 is 1.56 bits per heavy atom. The number of carbonyl (C=O) groups is 1. The van der Waals surface area contributed by atoms with Crippen molar-refractivity contribution in [2.24, 2.45) is 0 Å². The first-order valence-corrected chi connectivity index (χ1v) is 13.2. The van der Waals surface area contributed by atoms with Crippen LogP contribution in [0.1, 0.15) is 53.0 Å². The molecule has 4 aromatic rings. The smallest absolute Gasteiger partial charge is 0.262 e. The van der Waals surface area contributed by atoms with E-state index in [-0.39, 0.29) is 12.1 Å². The number of hydrogen-bond donors (Lipinski definition) is 1. The Morgan fingerprint density at radius 3 is 2.28 bits per heavy atom. The minimum Gasteiger partial charge on any atom is -0.489 e. The van der Waals surface area contributed by atoms with Gasteiger partial charge in [0.25, 0.3) is 5.91 Å². The molecule has 0 aromatic heterocycles. The number of carbonyl (C=O) groups excluding carboxylic acids is 1. The van der Waals surface area contributed by atoms with Gasteiger partial charge >= 0.3 is 0 Å². The molecule has 36 heavy (non-hydrogen) atoms. The predicted octanol–water partition coefficient (Wildman–Crippen LogP) is 8.14. The highest BCUT2D eigenvalue weighted by Crippen LogP contribution is 2.37. The maximum atomic E-state index is 13.7. The first-order valence-electron chi connectivity index (χ1n) is 12.4. The van der Waals surface area contributed by atoms with E-state index in [1.807, 2.05) is 77.7 Å². The summed E-state index contributed by atoms with van der Waals surface area (Å²) in [5.41, 5.74) is 5.79. The van der Waals surface area contributed by atoms with E-state index < -0.39 is 0 Å². The average molecular weight is 541 g/mol. The molecule has 0 bridgehead atoms. The fourth-order valence-corrected chi connectivity index (χ4v) is 4.72. The summed E-state index contributed by atoms with van der Waals surface area (Å²) in [6, 6.07) is 32.2. The third-order valence-electron chi connectivity index (χ3n) is 6.47. The van der Waals surface area contributed by atoms with Crippen LogP contribution in [0.15, 0.2) is 102 Å². The number of hydrogen-bond acceptors (Lipinski definition) is 3. The van der Waals surface area contributed by atoms with Gasteiger partial charge in [0.15, 0.2) is 0 Å². The number of fused-ring (bicyclic) bond motifs is 1. The van der Waals surface area contributed by atoms with E-state index in [9.17, 15) is 4.79 Å². The van der Waals surface area contributed by atoms with Crippen LogP contribution in [0.2, 0.25) is 0 Å². The Balaban J connectivity index is 1.40. The molecule has 4 aromatic carbocycles. The Labute approximate surface area is 221 Å². The summed E-state index contributed by atoms with van der Waals surface area (Å²) >= 11 is 3.46. The van der Waals surface area contributed by atoms with Crippen molar-refractivity contribution in [3.8, 4) is 5.75 Å². The maximum Gasteiger partial charge on any atom is 0.262 e. The van der Waals surface area contributed by atoms with Crippen molar-refractivity contribution in [1.82, 2.24) is 0 Å². The first-order chi connectivity index (χ1) is 17.6. The maximum absolute atomic E-state index is 13.7. The lowest BCUT2D eigenvalue weighted by Gasteiger charge is -2.38. The zero-order valence-corrected chi connectivity index (χ0v) is 21.9. The molecular weight excluding hydrogens is 512 g/mol. The lowest BCUT2D eigenvalue weighted by molar-refractivity contribution is 0.0975. The Kier molecular flexibility index (Phi) is 7.38. The molecule has 1 amide bonds. The number of rotatable bonds is 8. The van der Waals surface area contributed by atoms with Gasteiger partial charge in [-0.1, -0.05) is 77.8 Å². The van der Waals surface area contributed by atoms with E-state index >= 15 is 0 Å². The van der Waals surface area contributed by atoms with Gasteiger partial charge in [0, 0.05) is 15.8 Å². The molecule has 1 aliphatic rings. The highest BCUT2D eigenvalue weighted by atomic mass is 79.9. The van der Waals surface area contributed by atoms with Gasteiger partial charge in [-0.2, -0.15) is 0 Å². The third-order valence-corrected chi connectivity index (χ3v) is 7.00. The first kappa shape index (κ1) is 24.1. The minimum atomic E-state index is -0.325. The lowest BCUT2D eigenvalue weighted by atomic mass is 10.0. The number of unbranched alkanes of at least 4 members (excludes halogenated alkanes) is 1. The van der Waals surface area contributed by atoms with Crippen LogP contribution in [-0.4, -0.2) is 5.91 Å². The second-order valence-electron chi connectivity index (χ2n) is 9.02. The molecule has 1 atom stereocenters. The molecule has 1 aliphatic heterocycles. The Bertz CT molecular complexity index is 1320. The van der Waals surface area contributed by atoms with Gasteiger partial charge in [-0.25, -0.2) is 0 Å². The van der Waals surface area contributed by atoms with Crippen molar-refractivity contribution >= 4 is 33.2 Å². The quantitative estimate of drug-likeness (QED) is 0.245. The van der Waals surface area contributed by atoms with Gasteiger partial charge < -0.3 is 10.1 Å². The van der Waals surface area contributed by atoms with Gasteiger partial charge in [-0.3, -0.25) is 9.69 Å². The molecule has 0 spiro atoms. The number of aryl methyl sites for hydroxylation is 1. The van der Waals surface area contributed by atoms with Crippen LogP contribution in [0.3, 0.4) is 0 Å². The summed E-state index contributed by atoms with van der Waals surface area (Å²) < 4.78 is 7.04. The summed E-state index contributed by atoms with van der Waals surface area (Å²) in [5, 5.41) is 3.58. The van der Waals surface area contributed by atoms with Crippen molar-refractivity contribution in [2.75, 3.05) is 10.2 Å². The van der Waals surface area contributed by atoms with Crippen LogP contribution in [0.25, 0.3) is 0 Å². The fourth-order valence-electron chi connectivity index (χ4n) is 4.45. The summed E-state index contributed by atoms with van der Waals surface area (Å²) in [6.07, 6.45) is 3.06. The molecule has 182 valence electrons. The van der Waals surface area contributed by atoms with E-state index in [1.54, 1.807) is 0 Å². The zero-order valence-electron chi connectivity index (χ0n) is 20.3. The summed E-state index contributed by atoms with van der Waals surface area (Å²) in [6.45, 7) is 2.70. The standard InChI is InChI=1S/C31H29BrN2O2/c1-2-3-6-22-11-17-26(18-12-22)34-30(33-29-8-5-4-7-28(29)31(34)35)24-13-19-27(20-14-24)36-21-23-9-15-25(32)16-10-23/h4-5,7-20,30,33H,2-3,6,21H2,1H3/t30-/m1/s1. The highest BCUT2D eigenvalue weighted by molar-refractivity contribution is 9.10. The SMILES string of the molecule is CCCCc1ccc(N2C(=O)c3ccccc3N[C@H]2c2ccc(OCc3ccc(Br)cc3)cc2)cc1. The van der Waals surface area contributed by atoms with Crippen molar-refractivity contribution < 1.29 is 9.53 Å². The van der Waals surface area contributed by atoms with Crippen LogP contribution in [0.4, 0.5) is 11.4 Å². The van der Waals surface area contributed by atoms with E-state index in [1.165, 1.54) is 5.56 Å². The number of amides is 1. The summed E-state index contributed by atoms with van der Waals surface area (Å²) in [4.78, 5) is 15.5. The minimum absolute atomic E-state index is 0.00813. The number of ether oxygens (including phenoxy) is 1. The van der Waals surface area contributed by atoms with Gasteiger partial charge in [0.2, 0.25) is 0 Å². The highest BCUT2D eigenvalue weighted by Gasteiger charge is 2.34. The van der Waals surface area contributed by atoms with Gasteiger partial charge in [0.05, 0.1) is 5.56 Å². The zero-order chi connectivity index (χ0) is 24.9. The third kappa shape index (κ3) is 5.31. The molecule has 4 nitrogen and oxygen atoms in total. The number of para-hydroxylation sites is 1. The molecular formula is C31H29BrN2O2. The predicted molar refractivity (Wildman–Crippen MR) is 150 cm³/mol. The summed E-state index contributed by atoms with van der Waals surface area (Å²) in [7, 11) is 0. The molecule has 0 unspecified atom stereocenters. The van der Waals surface area contributed by atoms with Crippen LogP contribution in [-0.2, 0) is 13.0 Å². The largest absolute Gasteiger partial charge is 0.489 e. The monoisotopic (exact) mass is 540 g/mol. The van der Waals surface area contributed by atoms with Crippen LogP contribution in [0, 0.1) is 0 Å². The van der Waals surface area contributed by atoms with Gasteiger partial charge in [-0.15, -0.1) is 0 Å². The molecule has 0 fully saturated rings. The topological polar surface area (TPSA) is 41.6 Å². The van der Waals surface area contributed by atoms with Crippen LogP contribution >= 0.6 is 15.9 Å². The lowest BCUT2D eigenvalue weighted by Crippen LogP contribution is -2.43. The fraction of sp³-hybridized carbons (Fsp3) is 0.194. The van der Waals surface area contributed by atoms with Crippen molar-refractivity contribution in [3.63, 3.8) is 0 Å². The van der Waals surface area contributed by atoms with Crippen LogP contribution < -0.4 is 15.0 Å². The molecule has 1 N–H and O–H groups in total. The molecule has 0 radical (unpaired) electrons. The number of anilines is 2. The Hall–Kier alpha value is -3.57. The van der Waals surface area contributed by atoms with E-state index in [2.05, 4.69) is 52.4 Å². The van der Waals surface area contributed by atoms with Gasteiger partial charge in [0.1, 0.15) is 18.5 Å². The van der Waals surface area contributed by atoms with Crippen molar-refractivity contribution in [1.29, 1.82) is 0 Å². The molecule has 5 rings (SSSR count). The Morgan fingerprint density at radius 1 is 0.861 bits per heavy atom. The van der Waals surface area contributed by atoms with E-state index in [4.69, 9.17) is 4.74 Å². The number of nitrogens with one attached hydrogen (secondary N) is 1. The molecule has 0 saturated heterocycles. The number of benzene rings is 4. The number of nitrogens with zero attached hydrogens (tertiary/aromatic N) is 1. The van der Waals surface area contributed by atoms with Gasteiger partial charge in [-0.05, 0) is 78.1 Å². The number of halogens is 1. The molecule has 5 heteroatoms. The second kappa shape index (κ2) is 11.0. The average Bonchev–Trinajstić information content (AvgIpc) is 2.92. The normalized spacial score (nSPS) is 14.8. The molecule has 1 heterocycles. The second-order valence-corrected chi connectivity index (χ2v) is 9.94. The molecule has 0 saturated carbocycles. The van der Waals surface area contributed by atoms with Crippen LogP contribution in [0.5, 0.6) is 5.75 Å². The molecule has 0 aliphatic carbocycles. The van der Waals surface area contributed by atoms with Crippen molar-refractivity contribution in [3.05, 3.63) is 124 Å². The van der Waals surface area contributed by atoms with E-state index in [0.29, 0.717) is 12.2 Å². The van der Waals surface area contributed by atoms with Crippen molar-refractivity contribution in [2.45, 2.75) is 39.0 Å². The van der Waals surface area contributed by atoms with E-state index in [0.717, 1.165) is 52.0 Å².